The Bertz CT molecular complexity index is 877. The quantitative estimate of drug-likeness (QED) is 0.735. The van der Waals surface area contributed by atoms with Gasteiger partial charge in [0.25, 0.3) is 0 Å². The van der Waals surface area contributed by atoms with Gasteiger partial charge in [-0.25, -0.2) is 14.2 Å². The molecule has 4 nitrogen and oxygen atoms in total. The summed E-state index contributed by atoms with van der Waals surface area (Å²) < 4.78 is 13.5. The lowest BCUT2D eigenvalue weighted by molar-refractivity contribution is 0.0698. The number of nitrogens with one attached hydrogen (secondary N) is 1. The number of aromatic amines is 1. The number of fused-ring (bicyclic) bond motifs is 1. The minimum Gasteiger partial charge on any atom is -0.478 e. The second kappa shape index (κ2) is 5.02. The van der Waals surface area contributed by atoms with Crippen LogP contribution < -0.4 is 0 Å². The first-order valence-corrected chi connectivity index (χ1v) is 6.60. The monoisotopic (exact) mass is 324 g/mol. The molecule has 2 aromatic carbocycles. The lowest BCUT2D eigenvalue weighted by Crippen LogP contribution is -1.98. The molecule has 0 radical (unpaired) electrons. The van der Waals surface area contributed by atoms with Gasteiger partial charge in [0.15, 0.2) is 0 Å². The number of aromatic carboxylic acids is 1. The maximum atomic E-state index is 13.5. The highest BCUT2D eigenvalue weighted by Crippen LogP contribution is 2.33. The number of hydrogen-bond acceptors (Lipinski definition) is 2. The van der Waals surface area contributed by atoms with Crippen LogP contribution in [0.3, 0.4) is 0 Å². The zero-order valence-electron chi connectivity index (χ0n) is 10.3. The molecule has 0 bridgehead atoms. The summed E-state index contributed by atoms with van der Waals surface area (Å²) in [4.78, 5) is 18.2. The largest absolute Gasteiger partial charge is 0.478 e. The summed E-state index contributed by atoms with van der Waals surface area (Å²) in [7, 11) is 0. The van der Waals surface area contributed by atoms with Crippen molar-refractivity contribution in [2.45, 2.75) is 0 Å². The second-order valence-electron chi connectivity index (χ2n) is 4.34. The molecule has 0 amide bonds. The SMILES string of the molecule is O=C(O)c1cc(F)cc2[nH]c(-c3cccc(Cl)c3Cl)nc12. The molecule has 3 aromatic rings. The van der Waals surface area contributed by atoms with E-state index < -0.39 is 11.8 Å². The van der Waals surface area contributed by atoms with E-state index in [1.54, 1.807) is 18.2 Å². The molecule has 0 aliphatic carbocycles. The summed E-state index contributed by atoms with van der Waals surface area (Å²) in [6, 6.07) is 7.10. The number of hydrogen-bond donors (Lipinski definition) is 2. The van der Waals surface area contributed by atoms with Crippen LogP contribution in [0, 0.1) is 5.82 Å². The Kier molecular flexibility index (Phi) is 3.31. The van der Waals surface area contributed by atoms with Crippen LogP contribution in [0.5, 0.6) is 0 Å². The van der Waals surface area contributed by atoms with E-state index in [1.165, 1.54) is 6.07 Å². The lowest BCUT2D eigenvalue weighted by Gasteiger charge is -2.01. The number of H-pyrrole nitrogens is 1. The van der Waals surface area contributed by atoms with Gasteiger partial charge >= 0.3 is 5.97 Å². The fourth-order valence-corrected chi connectivity index (χ4v) is 2.45. The highest BCUT2D eigenvalue weighted by molar-refractivity contribution is 6.43. The third-order valence-corrected chi connectivity index (χ3v) is 3.81. The Morgan fingerprint density at radius 2 is 2.05 bits per heavy atom. The molecular weight excluding hydrogens is 318 g/mol. The van der Waals surface area contributed by atoms with Crippen molar-refractivity contribution >= 4 is 40.2 Å². The Morgan fingerprint density at radius 1 is 1.29 bits per heavy atom. The lowest BCUT2D eigenvalue weighted by atomic mass is 10.2. The molecule has 0 saturated carbocycles. The molecule has 0 atom stereocenters. The van der Waals surface area contributed by atoms with Gasteiger partial charge in [0.1, 0.15) is 17.2 Å². The standard InChI is InChI=1S/C14H7Cl2FN2O2/c15-9-3-1-2-7(11(9)16)13-18-10-5-6(17)4-8(14(20)21)12(10)19-13/h1-5H,(H,18,19)(H,20,21). The Morgan fingerprint density at radius 3 is 2.76 bits per heavy atom. The first kappa shape index (κ1) is 13.9. The smallest absolute Gasteiger partial charge is 0.338 e. The number of carboxylic acids is 1. The van der Waals surface area contributed by atoms with Gasteiger partial charge in [-0.05, 0) is 24.3 Å². The molecule has 1 aromatic heterocycles. The Balaban J connectivity index is 2.29. The number of carboxylic acid groups (broad SMARTS) is 1. The molecule has 0 unspecified atom stereocenters. The molecule has 106 valence electrons. The number of halogens is 3. The van der Waals surface area contributed by atoms with Crippen LogP contribution in [-0.4, -0.2) is 21.0 Å². The molecular formula is C14H7Cl2FN2O2. The fourth-order valence-electron chi connectivity index (χ4n) is 2.06. The van der Waals surface area contributed by atoms with E-state index >= 15 is 0 Å². The van der Waals surface area contributed by atoms with Crippen molar-refractivity contribution in [2.24, 2.45) is 0 Å². The van der Waals surface area contributed by atoms with Gasteiger partial charge < -0.3 is 10.1 Å². The van der Waals surface area contributed by atoms with Gasteiger partial charge in [0.05, 0.1) is 21.1 Å². The molecule has 3 rings (SSSR count). The van der Waals surface area contributed by atoms with Gasteiger partial charge in [-0.3, -0.25) is 0 Å². The summed E-state index contributed by atoms with van der Waals surface area (Å²) in [5, 5.41) is 9.75. The first-order valence-electron chi connectivity index (χ1n) is 5.84. The maximum Gasteiger partial charge on any atom is 0.338 e. The van der Waals surface area contributed by atoms with Crippen LogP contribution in [-0.2, 0) is 0 Å². The minimum absolute atomic E-state index is 0.162. The fraction of sp³-hybridized carbons (Fsp3) is 0. The third kappa shape index (κ3) is 2.34. The molecule has 0 spiro atoms. The van der Waals surface area contributed by atoms with Gasteiger partial charge in [-0.15, -0.1) is 0 Å². The summed E-state index contributed by atoms with van der Waals surface area (Å²) in [5.41, 5.74) is 0.733. The molecule has 21 heavy (non-hydrogen) atoms. The van der Waals surface area contributed by atoms with Crippen molar-refractivity contribution in [1.82, 2.24) is 9.97 Å². The highest BCUT2D eigenvalue weighted by atomic mass is 35.5. The molecule has 1 heterocycles. The minimum atomic E-state index is -1.25. The number of rotatable bonds is 2. The van der Waals surface area contributed by atoms with Crippen molar-refractivity contribution in [2.75, 3.05) is 0 Å². The summed E-state index contributed by atoms with van der Waals surface area (Å²) in [6.45, 7) is 0. The van der Waals surface area contributed by atoms with Crippen LogP contribution in [0.15, 0.2) is 30.3 Å². The van der Waals surface area contributed by atoms with Crippen molar-refractivity contribution in [1.29, 1.82) is 0 Å². The molecule has 2 N–H and O–H groups in total. The van der Waals surface area contributed by atoms with Crippen LogP contribution >= 0.6 is 23.2 Å². The number of carbonyl (C=O) groups is 1. The predicted octanol–water partition coefficient (Wildman–Crippen LogP) is 4.37. The van der Waals surface area contributed by atoms with Crippen LogP contribution in [0.25, 0.3) is 22.4 Å². The maximum absolute atomic E-state index is 13.5. The molecule has 0 aliphatic rings. The van der Waals surface area contributed by atoms with E-state index in [4.69, 9.17) is 28.3 Å². The number of aromatic nitrogens is 2. The van der Waals surface area contributed by atoms with Gasteiger partial charge in [0, 0.05) is 5.56 Å². The molecule has 0 aliphatic heterocycles. The average molecular weight is 325 g/mol. The summed E-state index contributed by atoms with van der Waals surface area (Å²) >= 11 is 12.0. The topological polar surface area (TPSA) is 66.0 Å². The molecule has 0 saturated heterocycles. The van der Waals surface area contributed by atoms with E-state index in [-0.39, 0.29) is 21.6 Å². The number of benzene rings is 2. The van der Waals surface area contributed by atoms with E-state index in [0.29, 0.717) is 16.4 Å². The molecule has 0 fully saturated rings. The van der Waals surface area contributed by atoms with Gasteiger partial charge in [0.2, 0.25) is 0 Å². The number of nitrogens with zero attached hydrogens (tertiary/aromatic N) is 1. The summed E-state index contributed by atoms with van der Waals surface area (Å²) in [5.74, 6) is -1.59. The highest BCUT2D eigenvalue weighted by Gasteiger charge is 2.17. The number of imidazole rings is 1. The second-order valence-corrected chi connectivity index (χ2v) is 5.13. The van der Waals surface area contributed by atoms with Crippen LogP contribution in [0.2, 0.25) is 10.0 Å². The zero-order valence-corrected chi connectivity index (χ0v) is 11.8. The molecule has 7 heteroatoms. The van der Waals surface area contributed by atoms with Crippen molar-refractivity contribution in [3.63, 3.8) is 0 Å². The van der Waals surface area contributed by atoms with Crippen LogP contribution in [0.4, 0.5) is 4.39 Å². The van der Waals surface area contributed by atoms with E-state index in [9.17, 15) is 9.18 Å². The zero-order chi connectivity index (χ0) is 15.1. The van der Waals surface area contributed by atoms with Crippen molar-refractivity contribution in [3.8, 4) is 11.4 Å². The first-order chi connectivity index (χ1) is 9.97. The van der Waals surface area contributed by atoms with Crippen LogP contribution in [0.1, 0.15) is 10.4 Å². The van der Waals surface area contributed by atoms with Gasteiger partial charge in [-0.1, -0.05) is 29.3 Å². The van der Waals surface area contributed by atoms with Gasteiger partial charge in [-0.2, -0.15) is 0 Å². The average Bonchev–Trinajstić information content (AvgIpc) is 2.84. The van der Waals surface area contributed by atoms with E-state index in [0.717, 1.165) is 6.07 Å². The normalized spacial score (nSPS) is 11.0. The summed E-state index contributed by atoms with van der Waals surface area (Å²) in [6.07, 6.45) is 0. The third-order valence-electron chi connectivity index (χ3n) is 2.99. The Hall–Kier alpha value is -2.11. The van der Waals surface area contributed by atoms with Crippen molar-refractivity contribution in [3.05, 3.63) is 51.8 Å². The van der Waals surface area contributed by atoms with Crippen molar-refractivity contribution < 1.29 is 14.3 Å². The Labute approximate surface area is 128 Å². The van der Waals surface area contributed by atoms with E-state index in [2.05, 4.69) is 9.97 Å². The van der Waals surface area contributed by atoms with E-state index in [1.807, 2.05) is 0 Å². The predicted molar refractivity (Wildman–Crippen MR) is 78.5 cm³/mol.